The van der Waals surface area contributed by atoms with Crippen molar-refractivity contribution in [2.24, 2.45) is 0 Å². The molecule has 3 rings (SSSR count). The Balaban J connectivity index is 1.68. The lowest BCUT2D eigenvalue weighted by molar-refractivity contribution is -0.129. The molecular weight excluding hydrogens is 401 g/mol. The van der Waals surface area contributed by atoms with Crippen molar-refractivity contribution in [1.29, 1.82) is 0 Å². The third-order valence-electron chi connectivity index (χ3n) is 4.90. The van der Waals surface area contributed by atoms with Gasteiger partial charge in [-0.1, -0.05) is 54.2 Å². The Morgan fingerprint density at radius 2 is 1.96 bits per heavy atom. The molecule has 1 atom stereocenters. The summed E-state index contributed by atoms with van der Waals surface area (Å²) in [5.41, 5.74) is 1.43. The molecule has 1 aromatic carbocycles. The number of carbonyl (C=O) groups excluding carboxylic acids is 2. The fourth-order valence-electron chi connectivity index (χ4n) is 3.34. The Bertz CT molecular complexity index is 876. The van der Waals surface area contributed by atoms with E-state index < -0.39 is 12.1 Å². The van der Waals surface area contributed by atoms with Gasteiger partial charge in [0.15, 0.2) is 6.10 Å². The number of aryl methyl sites for hydroxylation is 1. The van der Waals surface area contributed by atoms with Crippen LogP contribution in [0.5, 0.6) is 0 Å². The van der Waals surface area contributed by atoms with Gasteiger partial charge in [0.25, 0.3) is 5.91 Å². The normalized spacial score (nSPS) is 15.4. The highest BCUT2D eigenvalue weighted by Gasteiger charge is 2.27. The van der Waals surface area contributed by atoms with Crippen LogP contribution in [-0.4, -0.2) is 33.8 Å². The summed E-state index contributed by atoms with van der Waals surface area (Å²) in [6.45, 7) is 3.55. The first-order valence-corrected chi connectivity index (χ1v) is 10.1. The second-order valence-corrected chi connectivity index (χ2v) is 7.80. The molecule has 1 aliphatic carbocycles. The first kappa shape index (κ1) is 20.7. The average Bonchev–Trinajstić information content (AvgIpc) is 3.25. The summed E-state index contributed by atoms with van der Waals surface area (Å²) < 4.78 is 6.84. The number of halogens is 2. The maximum Gasteiger partial charge on any atom is 0.343 e. The van der Waals surface area contributed by atoms with Crippen molar-refractivity contribution in [3.63, 3.8) is 0 Å². The van der Waals surface area contributed by atoms with Gasteiger partial charge in [-0.15, -0.1) is 0 Å². The van der Waals surface area contributed by atoms with E-state index >= 15 is 0 Å². The van der Waals surface area contributed by atoms with E-state index in [0.29, 0.717) is 17.3 Å². The van der Waals surface area contributed by atoms with Crippen LogP contribution in [0.4, 0.5) is 0 Å². The number of carbonyl (C=O) groups is 2. The molecule has 6 nitrogen and oxygen atoms in total. The van der Waals surface area contributed by atoms with E-state index in [9.17, 15) is 9.59 Å². The zero-order valence-corrected chi connectivity index (χ0v) is 17.4. The zero-order chi connectivity index (χ0) is 20.3. The van der Waals surface area contributed by atoms with Crippen LogP contribution >= 0.6 is 23.2 Å². The van der Waals surface area contributed by atoms with Gasteiger partial charge in [-0.2, -0.15) is 5.10 Å². The highest BCUT2D eigenvalue weighted by Crippen LogP contribution is 2.24. The predicted octanol–water partition coefficient (Wildman–Crippen LogP) is 4.15. The summed E-state index contributed by atoms with van der Waals surface area (Å²) in [7, 11) is 0. The summed E-state index contributed by atoms with van der Waals surface area (Å²) in [6.07, 6.45) is 3.24. The Morgan fingerprint density at radius 3 is 2.64 bits per heavy atom. The lowest BCUT2D eigenvalue weighted by Gasteiger charge is -2.17. The monoisotopic (exact) mass is 423 g/mol. The van der Waals surface area contributed by atoms with Crippen LogP contribution in [-0.2, 0) is 16.1 Å². The topological polar surface area (TPSA) is 73.2 Å². The molecular formula is C20H23Cl2N3O3. The Morgan fingerprint density at radius 1 is 1.29 bits per heavy atom. The number of nitrogens with zero attached hydrogens (tertiary/aromatic N) is 2. The number of benzene rings is 1. The molecule has 1 amide bonds. The van der Waals surface area contributed by atoms with E-state index in [-0.39, 0.29) is 22.7 Å². The first-order chi connectivity index (χ1) is 13.4. The molecule has 150 valence electrons. The fraction of sp³-hybridized carbons (Fsp3) is 0.450. The standard InChI is InChI=1S/C20H23Cl2N3O3/c1-12-17(18(22)25(24-12)11-14-7-3-6-10-16(14)21)20(27)28-13(2)19(26)23-15-8-4-5-9-15/h3,6-7,10,13,15H,4-5,8-9,11H2,1-2H3,(H,23,26). The van der Waals surface area contributed by atoms with Crippen molar-refractivity contribution in [2.75, 3.05) is 0 Å². The minimum absolute atomic E-state index is 0.158. The van der Waals surface area contributed by atoms with Gasteiger partial charge in [-0.05, 0) is 38.3 Å². The summed E-state index contributed by atoms with van der Waals surface area (Å²) >= 11 is 12.6. The Hall–Kier alpha value is -2.05. The number of rotatable bonds is 6. The molecule has 28 heavy (non-hydrogen) atoms. The van der Waals surface area contributed by atoms with Crippen LogP contribution in [0.15, 0.2) is 24.3 Å². The van der Waals surface area contributed by atoms with E-state index in [4.69, 9.17) is 27.9 Å². The summed E-state index contributed by atoms with van der Waals surface area (Å²) in [6, 6.07) is 7.51. The molecule has 1 unspecified atom stereocenters. The molecule has 0 bridgehead atoms. The average molecular weight is 424 g/mol. The number of ether oxygens (including phenoxy) is 1. The van der Waals surface area contributed by atoms with E-state index in [1.165, 1.54) is 4.68 Å². The van der Waals surface area contributed by atoms with Gasteiger partial charge in [0, 0.05) is 11.1 Å². The maximum atomic E-state index is 12.6. The predicted molar refractivity (Wildman–Crippen MR) is 108 cm³/mol. The minimum atomic E-state index is -0.907. The lowest BCUT2D eigenvalue weighted by Crippen LogP contribution is -2.40. The third-order valence-corrected chi connectivity index (χ3v) is 5.65. The number of amides is 1. The number of hydrogen-bond donors (Lipinski definition) is 1. The molecule has 1 fully saturated rings. The van der Waals surface area contributed by atoms with Crippen LogP contribution in [0, 0.1) is 6.92 Å². The number of nitrogens with one attached hydrogen (secondary N) is 1. The highest BCUT2D eigenvalue weighted by molar-refractivity contribution is 6.33. The van der Waals surface area contributed by atoms with Gasteiger partial charge in [-0.25, -0.2) is 9.48 Å². The molecule has 1 N–H and O–H groups in total. The van der Waals surface area contributed by atoms with Gasteiger partial charge < -0.3 is 10.1 Å². The molecule has 0 spiro atoms. The highest BCUT2D eigenvalue weighted by atomic mass is 35.5. The van der Waals surface area contributed by atoms with E-state index in [0.717, 1.165) is 31.2 Å². The zero-order valence-electron chi connectivity index (χ0n) is 15.9. The molecule has 0 aliphatic heterocycles. The molecule has 0 radical (unpaired) electrons. The van der Waals surface area contributed by atoms with Crippen molar-refractivity contribution in [3.8, 4) is 0 Å². The maximum absolute atomic E-state index is 12.6. The first-order valence-electron chi connectivity index (χ1n) is 9.34. The van der Waals surface area contributed by atoms with Crippen LogP contribution < -0.4 is 5.32 Å². The summed E-state index contributed by atoms with van der Waals surface area (Å²) in [5.74, 6) is -0.959. The molecule has 1 heterocycles. The number of esters is 1. The second-order valence-electron chi connectivity index (χ2n) is 7.04. The molecule has 1 saturated carbocycles. The third kappa shape index (κ3) is 4.67. The Kier molecular flexibility index (Phi) is 6.62. The van der Waals surface area contributed by atoms with Gasteiger partial charge in [-0.3, -0.25) is 4.79 Å². The Labute approximate surface area is 174 Å². The van der Waals surface area contributed by atoms with Gasteiger partial charge in [0.05, 0.1) is 12.2 Å². The van der Waals surface area contributed by atoms with Crippen LogP contribution in [0.1, 0.15) is 54.2 Å². The molecule has 2 aromatic rings. The van der Waals surface area contributed by atoms with Gasteiger partial charge in [0.1, 0.15) is 10.7 Å². The van der Waals surface area contributed by atoms with Crippen LogP contribution in [0.25, 0.3) is 0 Å². The minimum Gasteiger partial charge on any atom is -0.449 e. The number of hydrogen-bond acceptors (Lipinski definition) is 4. The van der Waals surface area contributed by atoms with Crippen molar-refractivity contribution in [1.82, 2.24) is 15.1 Å². The van der Waals surface area contributed by atoms with Gasteiger partial charge in [0.2, 0.25) is 0 Å². The smallest absolute Gasteiger partial charge is 0.343 e. The van der Waals surface area contributed by atoms with Crippen molar-refractivity contribution >= 4 is 35.1 Å². The molecule has 8 heteroatoms. The fourth-order valence-corrected chi connectivity index (χ4v) is 3.85. The summed E-state index contributed by atoms with van der Waals surface area (Å²) in [4.78, 5) is 24.9. The molecule has 0 saturated heterocycles. The van der Waals surface area contributed by atoms with E-state index in [1.54, 1.807) is 19.9 Å². The summed E-state index contributed by atoms with van der Waals surface area (Å²) in [5, 5.41) is 8.00. The van der Waals surface area contributed by atoms with E-state index in [2.05, 4.69) is 10.4 Å². The lowest BCUT2D eigenvalue weighted by atomic mass is 10.2. The SMILES string of the molecule is Cc1nn(Cc2ccccc2Cl)c(Cl)c1C(=O)OC(C)C(=O)NC1CCCC1. The van der Waals surface area contributed by atoms with Crippen molar-refractivity contribution in [2.45, 2.75) is 58.2 Å². The van der Waals surface area contributed by atoms with Gasteiger partial charge >= 0.3 is 5.97 Å². The van der Waals surface area contributed by atoms with Crippen LogP contribution in [0.2, 0.25) is 10.2 Å². The second kappa shape index (κ2) is 8.97. The molecule has 1 aliphatic rings. The molecule has 1 aromatic heterocycles. The van der Waals surface area contributed by atoms with E-state index in [1.807, 2.05) is 18.2 Å². The van der Waals surface area contributed by atoms with Crippen LogP contribution in [0.3, 0.4) is 0 Å². The number of aromatic nitrogens is 2. The van der Waals surface area contributed by atoms with Crippen molar-refractivity contribution < 1.29 is 14.3 Å². The largest absolute Gasteiger partial charge is 0.449 e. The van der Waals surface area contributed by atoms with Crippen molar-refractivity contribution in [3.05, 3.63) is 51.3 Å². The quantitative estimate of drug-likeness (QED) is 0.708.